The van der Waals surface area contributed by atoms with Gasteiger partial charge in [-0.15, -0.1) is 0 Å². The number of carbonyl (C=O) groups excluding carboxylic acids is 1. The highest BCUT2D eigenvalue weighted by atomic mass is 16.5. The number of nitrogens with one attached hydrogen (secondary N) is 1. The van der Waals surface area contributed by atoms with Gasteiger partial charge in [0.25, 0.3) is 5.91 Å². The lowest BCUT2D eigenvalue weighted by molar-refractivity contribution is -0.127. The zero-order valence-electron chi connectivity index (χ0n) is 11.7. The number of amides is 1. The van der Waals surface area contributed by atoms with Crippen LogP contribution in [0.1, 0.15) is 36.5 Å². The fraction of sp³-hybridized carbons (Fsp3) is 0.533. The van der Waals surface area contributed by atoms with Crippen LogP contribution in [-0.2, 0) is 11.4 Å². The van der Waals surface area contributed by atoms with Gasteiger partial charge < -0.3 is 15.2 Å². The van der Waals surface area contributed by atoms with Gasteiger partial charge in [-0.1, -0.05) is 12.1 Å². The Morgan fingerprint density at radius 2 is 2.00 bits per heavy atom. The smallest absolute Gasteiger partial charge is 0.260 e. The number of aryl methyl sites for hydroxylation is 2. The Kier molecular flexibility index (Phi) is 4.10. The molecule has 1 aromatic rings. The molecule has 0 aliphatic heterocycles. The average Bonchev–Trinajstić information content (AvgIpc) is 3.16. The molecule has 2 rings (SSSR count). The van der Waals surface area contributed by atoms with Crippen molar-refractivity contribution < 1.29 is 14.6 Å². The third kappa shape index (κ3) is 3.47. The van der Waals surface area contributed by atoms with E-state index in [2.05, 4.69) is 5.32 Å². The first-order chi connectivity index (χ1) is 9.01. The van der Waals surface area contributed by atoms with E-state index in [9.17, 15) is 4.79 Å². The van der Waals surface area contributed by atoms with Gasteiger partial charge in [0.15, 0.2) is 6.10 Å². The van der Waals surface area contributed by atoms with E-state index < -0.39 is 6.10 Å². The number of hydrogen-bond acceptors (Lipinski definition) is 3. The molecular formula is C15H21NO3. The third-order valence-corrected chi connectivity index (χ3v) is 3.29. The lowest BCUT2D eigenvalue weighted by Crippen LogP contribution is -2.37. The summed E-state index contributed by atoms with van der Waals surface area (Å²) in [7, 11) is 0. The third-order valence-electron chi connectivity index (χ3n) is 3.29. The molecule has 1 atom stereocenters. The summed E-state index contributed by atoms with van der Waals surface area (Å²) in [6, 6.07) is 4.11. The molecule has 19 heavy (non-hydrogen) atoms. The molecule has 0 saturated heterocycles. The van der Waals surface area contributed by atoms with Gasteiger partial charge in [0.2, 0.25) is 0 Å². The minimum Gasteiger partial charge on any atom is -0.480 e. The molecular weight excluding hydrogens is 242 g/mol. The van der Waals surface area contributed by atoms with E-state index in [0.717, 1.165) is 35.3 Å². The molecule has 0 spiro atoms. The van der Waals surface area contributed by atoms with Crippen LogP contribution in [-0.4, -0.2) is 23.2 Å². The van der Waals surface area contributed by atoms with Crippen LogP contribution in [0, 0.1) is 13.8 Å². The highest BCUT2D eigenvalue weighted by Gasteiger charge is 2.26. The van der Waals surface area contributed by atoms with E-state index in [1.807, 2.05) is 26.0 Å². The van der Waals surface area contributed by atoms with E-state index in [0.29, 0.717) is 6.04 Å². The zero-order valence-corrected chi connectivity index (χ0v) is 11.7. The molecule has 1 amide bonds. The average molecular weight is 263 g/mol. The van der Waals surface area contributed by atoms with Crippen LogP contribution in [0.5, 0.6) is 5.75 Å². The fourth-order valence-electron chi connectivity index (χ4n) is 2.09. The molecule has 0 radical (unpaired) electrons. The maximum absolute atomic E-state index is 11.9. The predicted octanol–water partition coefficient (Wildman–Crippen LogP) is 1.84. The maximum atomic E-state index is 11.9. The Balaban J connectivity index is 2.07. The molecule has 1 fully saturated rings. The van der Waals surface area contributed by atoms with Gasteiger partial charge in [-0.3, -0.25) is 4.79 Å². The SMILES string of the molecule is Cc1cc(CO)cc(C)c1OC(C)C(=O)NC1CC1. The first-order valence-corrected chi connectivity index (χ1v) is 6.69. The van der Waals surface area contributed by atoms with E-state index in [1.54, 1.807) is 6.92 Å². The number of aliphatic hydroxyl groups is 1. The molecule has 0 bridgehead atoms. The summed E-state index contributed by atoms with van der Waals surface area (Å²) < 4.78 is 5.77. The minimum atomic E-state index is -0.502. The Labute approximate surface area is 113 Å². The maximum Gasteiger partial charge on any atom is 0.260 e. The standard InChI is InChI=1S/C15H21NO3/c1-9-6-12(8-17)7-10(2)14(9)19-11(3)15(18)16-13-4-5-13/h6-7,11,13,17H,4-5,8H2,1-3H3,(H,16,18). The number of aliphatic hydroxyl groups excluding tert-OH is 1. The Bertz CT molecular complexity index is 457. The van der Waals surface area contributed by atoms with E-state index >= 15 is 0 Å². The fourth-order valence-corrected chi connectivity index (χ4v) is 2.09. The molecule has 1 aromatic carbocycles. The van der Waals surface area contributed by atoms with Crippen LogP contribution in [0.25, 0.3) is 0 Å². The summed E-state index contributed by atoms with van der Waals surface area (Å²) in [6.07, 6.45) is 1.64. The highest BCUT2D eigenvalue weighted by Crippen LogP contribution is 2.26. The second kappa shape index (κ2) is 5.61. The second-order valence-electron chi connectivity index (χ2n) is 5.26. The normalized spacial score (nSPS) is 16.0. The van der Waals surface area contributed by atoms with Gasteiger partial charge in [-0.2, -0.15) is 0 Å². The molecule has 4 heteroatoms. The topological polar surface area (TPSA) is 58.6 Å². The van der Waals surface area contributed by atoms with Crippen molar-refractivity contribution in [3.8, 4) is 5.75 Å². The molecule has 1 saturated carbocycles. The first kappa shape index (κ1) is 13.9. The highest BCUT2D eigenvalue weighted by molar-refractivity contribution is 5.81. The minimum absolute atomic E-state index is 0.0136. The van der Waals surface area contributed by atoms with Crippen molar-refractivity contribution in [3.63, 3.8) is 0 Å². The van der Waals surface area contributed by atoms with Gasteiger partial charge in [-0.05, 0) is 50.3 Å². The molecule has 1 aliphatic rings. The van der Waals surface area contributed by atoms with Gasteiger partial charge in [0.05, 0.1) is 6.61 Å². The van der Waals surface area contributed by atoms with Gasteiger partial charge in [-0.25, -0.2) is 0 Å². The van der Waals surface area contributed by atoms with Gasteiger partial charge in [0.1, 0.15) is 5.75 Å². The van der Waals surface area contributed by atoms with Crippen molar-refractivity contribution >= 4 is 5.91 Å². The Hall–Kier alpha value is -1.55. The van der Waals surface area contributed by atoms with Crippen molar-refractivity contribution in [2.75, 3.05) is 0 Å². The quantitative estimate of drug-likeness (QED) is 0.852. The zero-order chi connectivity index (χ0) is 14.0. The second-order valence-corrected chi connectivity index (χ2v) is 5.26. The summed E-state index contributed by atoms with van der Waals surface area (Å²) in [6.45, 7) is 5.62. The van der Waals surface area contributed by atoms with Crippen molar-refractivity contribution in [2.45, 2.75) is 52.4 Å². The van der Waals surface area contributed by atoms with Crippen LogP contribution in [0.3, 0.4) is 0 Å². The molecule has 1 unspecified atom stereocenters. The number of rotatable bonds is 5. The molecule has 104 valence electrons. The predicted molar refractivity (Wildman–Crippen MR) is 73.1 cm³/mol. The molecule has 0 aromatic heterocycles. The molecule has 1 aliphatic carbocycles. The Morgan fingerprint density at radius 1 is 1.42 bits per heavy atom. The number of ether oxygens (including phenoxy) is 1. The monoisotopic (exact) mass is 263 g/mol. The van der Waals surface area contributed by atoms with Crippen LogP contribution in [0.2, 0.25) is 0 Å². The van der Waals surface area contributed by atoms with Crippen molar-refractivity contribution in [1.29, 1.82) is 0 Å². The summed E-state index contributed by atoms with van der Waals surface area (Å²) in [4.78, 5) is 11.9. The van der Waals surface area contributed by atoms with E-state index in [4.69, 9.17) is 9.84 Å². The van der Waals surface area contributed by atoms with Crippen LogP contribution in [0.4, 0.5) is 0 Å². The summed E-state index contributed by atoms with van der Waals surface area (Å²) in [5.41, 5.74) is 2.74. The number of hydrogen-bond donors (Lipinski definition) is 2. The number of benzene rings is 1. The van der Waals surface area contributed by atoms with Crippen molar-refractivity contribution in [3.05, 3.63) is 28.8 Å². The summed E-state index contributed by atoms with van der Waals surface area (Å²) >= 11 is 0. The number of carbonyl (C=O) groups is 1. The molecule has 4 nitrogen and oxygen atoms in total. The lowest BCUT2D eigenvalue weighted by Gasteiger charge is -2.18. The van der Waals surface area contributed by atoms with Crippen molar-refractivity contribution in [1.82, 2.24) is 5.32 Å². The van der Waals surface area contributed by atoms with Crippen LogP contribution in [0.15, 0.2) is 12.1 Å². The summed E-state index contributed by atoms with van der Waals surface area (Å²) in [5, 5.41) is 12.1. The largest absolute Gasteiger partial charge is 0.480 e. The summed E-state index contributed by atoms with van der Waals surface area (Å²) in [5.74, 6) is 0.670. The van der Waals surface area contributed by atoms with Crippen molar-refractivity contribution in [2.24, 2.45) is 0 Å². The van der Waals surface area contributed by atoms with E-state index in [-0.39, 0.29) is 12.5 Å². The Morgan fingerprint density at radius 3 is 2.47 bits per heavy atom. The van der Waals surface area contributed by atoms with Gasteiger partial charge >= 0.3 is 0 Å². The van der Waals surface area contributed by atoms with Crippen LogP contribution < -0.4 is 10.1 Å². The molecule has 0 heterocycles. The van der Waals surface area contributed by atoms with E-state index in [1.165, 1.54) is 0 Å². The molecule has 2 N–H and O–H groups in total. The lowest BCUT2D eigenvalue weighted by atomic mass is 10.1. The van der Waals surface area contributed by atoms with Crippen LogP contribution >= 0.6 is 0 Å². The van der Waals surface area contributed by atoms with Gasteiger partial charge in [0, 0.05) is 6.04 Å². The first-order valence-electron chi connectivity index (χ1n) is 6.69.